The lowest BCUT2D eigenvalue weighted by Crippen LogP contribution is -2.33. The number of rotatable bonds is 7. The number of carbonyl (C=O) groups is 1. The number of nitrogens with zero attached hydrogens (tertiary/aromatic N) is 4. The van der Waals surface area contributed by atoms with Crippen molar-refractivity contribution in [1.29, 1.82) is 0 Å². The number of para-hydroxylation sites is 2. The highest BCUT2D eigenvalue weighted by molar-refractivity contribution is 7.99. The van der Waals surface area contributed by atoms with E-state index in [1.165, 1.54) is 0 Å². The Labute approximate surface area is 163 Å². The quantitative estimate of drug-likeness (QED) is 0.495. The molecule has 0 aliphatic heterocycles. The van der Waals surface area contributed by atoms with Crippen LogP contribution < -0.4 is 5.32 Å². The molecule has 8 heteroatoms. The number of benzene rings is 1. The van der Waals surface area contributed by atoms with Crippen molar-refractivity contribution in [3.63, 3.8) is 0 Å². The number of hydrogen-bond acceptors (Lipinski definition) is 4. The molecule has 0 aliphatic carbocycles. The Bertz CT molecular complexity index is 875. The lowest BCUT2D eigenvalue weighted by atomic mass is 10.1. The van der Waals surface area contributed by atoms with Crippen LogP contribution in [0.3, 0.4) is 0 Å². The van der Waals surface area contributed by atoms with Crippen molar-refractivity contribution in [2.75, 3.05) is 12.3 Å². The van der Waals surface area contributed by atoms with Crippen molar-refractivity contribution in [1.82, 2.24) is 24.4 Å². The summed E-state index contributed by atoms with van der Waals surface area (Å²) < 4.78 is 4.09. The maximum Gasteiger partial charge on any atom is 0.224 e. The van der Waals surface area contributed by atoms with E-state index < -0.39 is 0 Å². The molecule has 1 amide bonds. The Morgan fingerprint density at radius 1 is 1.35 bits per heavy atom. The molecule has 0 spiro atoms. The number of carbonyl (C=O) groups excluding carboxylic acids is 1. The summed E-state index contributed by atoms with van der Waals surface area (Å²) in [5, 5.41) is 3.97. The van der Waals surface area contributed by atoms with Gasteiger partial charge < -0.3 is 14.5 Å². The fourth-order valence-corrected chi connectivity index (χ4v) is 3.55. The van der Waals surface area contributed by atoms with E-state index in [9.17, 15) is 4.79 Å². The van der Waals surface area contributed by atoms with Gasteiger partial charge in [-0.3, -0.25) is 4.79 Å². The first-order valence-electron chi connectivity index (χ1n) is 8.36. The molecule has 0 aliphatic rings. The van der Waals surface area contributed by atoms with E-state index in [1.54, 1.807) is 18.0 Å². The fraction of sp³-hybridized carbons (Fsp3) is 0.389. The van der Waals surface area contributed by atoms with Gasteiger partial charge in [-0.15, -0.1) is 12.4 Å². The summed E-state index contributed by atoms with van der Waals surface area (Å²) in [5.41, 5.74) is 2.05. The number of nitrogens with one attached hydrogen (secondary N) is 1. The summed E-state index contributed by atoms with van der Waals surface area (Å²) in [5.74, 6) is 1.69. The number of halogens is 1. The van der Waals surface area contributed by atoms with Gasteiger partial charge in [0.25, 0.3) is 0 Å². The van der Waals surface area contributed by atoms with E-state index in [-0.39, 0.29) is 24.2 Å². The molecule has 2 heterocycles. The van der Waals surface area contributed by atoms with Gasteiger partial charge in [-0.1, -0.05) is 30.8 Å². The largest absolute Gasteiger partial charge is 0.355 e. The minimum atomic E-state index is -0.116. The second kappa shape index (κ2) is 9.09. The van der Waals surface area contributed by atoms with E-state index in [0.717, 1.165) is 27.8 Å². The summed E-state index contributed by atoms with van der Waals surface area (Å²) in [7, 11) is 1.97. The van der Waals surface area contributed by atoms with Crippen molar-refractivity contribution in [3.8, 4) is 0 Å². The molecule has 140 valence electrons. The van der Waals surface area contributed by atoms with Gasteiger partial charge in [0.2, 0.25) is 5.91 Å². The topological polar surface area (TPSA) is 64.7 Å². The number of hydrogen-bond donors (Lipinski definition) is 1. The molecule has 0 saturated heterocycles. The highest BCUT2D eigenvalue weighted by Crippen LogP contribution is 2.17. The number of imidazole rings is 2. The fourth-order valence-electron chi connectivity index (χ4n) is 2.76. The number of thioether (sulfide) groups is 1. The SMILES string of the molecule is Cc1nc2ccccc2n1CC(C)C(=O)NCCSc1nccn1C.Cl. The van der Waals surface area contributed by atoms with Crippen molar-refractivity contribution in [2.24, 2.45) is 13.0 Å². The van der Waals surface area contributed by atoms with Gasteiger partial charge in [-0.25, -0.2) is 9.97 Å². The van der Waals surface area contributed by atoms with Crippen LogP contribution in [0.1, 0.15) is 12.7 Å². The minimum Gasteiger partial charge on any atom is -0.355 e. The van der Waals surface area contributed by atoms with Crippen LogP contribution >= 0.6 is 24.2 Å². The molecular weight excluding hydrogens is 370 g/mol. The summed E-state index contributed by atoms with van der Waals surface area (Å²) in [4.78, 5) is 21.2. The zero-order chi connectivity index (χ0) is 17.8. The predicted octanol–water partition coefficient (Wildman–Crippen LogP) is 3.04. The Kier molecular flexibility index (Phi) is 7.11. The van der Waals surface area contributed by atoms with Crippen LogP contribution in [-0.2, 0) is 18.4 Å². The molecule has 0 fully saturated rings. The average Bonchev–Trinajstić information content (AvgIpc) is 3.15. The summed E-state index contributed by atoms with van der Waals surface area (Å²) in [6, 6.07) is 8.02. The van der Waals surface area contributed by atoms with E-state index in [4.69, 9.17) is 0 Å². The molecule has 1 aromatic carbocycles. The molecule has 3 rings (SSSR count). The summed E-state index contributed by atoms with van der Waals surface area (Å²) in [6.07, 6.45) is 3.70. The number of aromatic nitrogens is 4. The van der Waals surface area contributed by atoms with Crippen molar-refractivity contribution in [2.45, 2.75) is 25.5 Å². The van der Waals surface area contributed by atoms with E-state index in [0.29, 0.717) is 13.1 Å². The van der Waals surface area contributed by atoms with Crippen LogP contribution in [0.5, 0.6) is 0 Å². The van der Waals surface area contributed by atoms with E-state index >= 15 is 0 Å². The maximum atomic E-state index is 12.4. The Morgan fingerprint density at radius 3 is 2.85 bits per heavy atom. The number of fused-ring (bicyclic) bond motifs is 1. The Balaban J connectivity index is 0.00000243. The van der Waals surface area contributed by atoms with Gasteiger partial charge >= 0.3 is 0 Å². The van der Waals surface area contributed by atoms with E-state index in [2.05, 4.69) is 19.9 Å². The van der Waals surface area contributed by atoms with Crippen LogP contribution in [0, 0.1) is 12.8 Å². The lowest BCUT2D eigenvalue weighted by molar-refractivity contribution is -0.124. The van der Waals surface area contributed by atoms with Crippen LogP contribution in [0.25, 0.3) is 11.0 Å². The minimum absolute atomic E-state index is 0. The van der Waals surface area contributed by atoms with Gasteiger partial charge in [0.05, 0.1) is 17.0 Å². The molecule has 1 atom stereocenters. The summed E-state index contributed by atoms with van der Waals surface area (Å²) in [6.45, 7) is 5.19. The average molecular weight is 394 g/mol. The Hall–Kier alpha value is -1.99. The molecule has 0 radical (unpaired) electrons. The molecular formula is C18H24ClN5OS. The molecule has 0 bridgehead atoms. The third-order valence-electron chi connectivity index (χ3n) is 4.16. The molecule has 26 heavy (non-hydrogen) atoms. The third-order valence-corrected chi connectivity index (χ3v) is 5.22. The van der Waals surface area contributed by atoms with Crippen LogP contribution in [0.2, 0.25) is 0 Å². The first-order valence-corrected chi connectivity index (χ1v) is 9.34. The van der Waals surface area contributed by atoms with Crippen LogP contribution in [0.15, 0.2) is 41.8 Å². The van der Waals surface area contributed by atoms with Crippen molar-refractivity contribution in [3.05, 3.63) is 42.5 Å². The summed E-state index contributed by atoms with van der Waals surface area (Å²) >= 11 is 1.64. The predicted molar refractivity (Wildman–Crippen MR) is 108 cm³/mol. The van der Waals surface area contributed by atoms with Crippen LogP contribution in [-0.4, -0.2) is 37.3 Å². The van der Waals surface area contributed by atoms with Gasteiger partial charge in [-0.2, -0.15) is 0 Å². The first kappa shape index (κ1) is 20.3. The number of amides is 1. The van der Waals surface area contributed by atoms with Gasteiger partial charge in [0.1, 0.15) is 5.82 Å². The normalized spacial score (nSPS) is 12.0. The van der Waals surface area contributed by atoms with Gasteiger partial charge in [-0.05, 0) is 19.1 Å². The zero-order valence-corrected chi connectivity index (χ0v) is 16.8. The monoisotopic (exact) mass is 393 g/mol. The molecule has 3 aromatic rings. The lowest BCUT2D eigenvalue weighted by Gasteiger charge is -2.14. The molecule has 0 saturated carbocycles. The molecule has 1 N–H and O–H groups in total. The van der Waals surface area contributed by atoms with E-state index in [1.807, 2.05) is 55.9 Å². The smallest absolute Gasteiger partial charge is 0.224 e. The first-order chi connectivity index (χ1) is 12.1. The second-order valence-corrected chi connectivity index (χ2v) is 7.18. The van der Waals surface area contributed by atoms with Crippen molar-refractivity contribution >= 4 is 41.1 Å². The van der Waals surface area contributed by atoms with Gasteiger partial charge in [0, 0.05) is 38.3 Å². The zero-order valence-electron chi connectivity index (χ0n) is 15.2. The molecule has 1 unspecified atom stereocenters. The van der Waals surface area contributed by atoms with Gasteiger partial charge in [0.15, 0.2) is 5.16 Å². The Morgan fingerprint density at radius 2 is 2.12 bits per heavy atom. The third kappa shape index (κ3) is 4.59. The number of aryl methyl sites for hydroxylation is 2. The standard InChI is InChI=1S/C18H23N5OS.ClH/c1-13(12-23-14(2)21-15-6-4-5-7-16(15)23)17(24)19-9-11-25-18-20-8-10-22(18)3;/h4-8,10,13H,9,11-12H2,1-3H3,(H,19,24);1H. The highest BCUT2D eigenvalue weighted by Gasteiger charge is 2.16. The van der Waals surface area contributed by atoms with Crippen LogP contribution in [0.4, 0.5) is 0 Å². The van der Waals surface area contributed by atoms with Crippen molar-refractivity contribution < 1.29 is 4.79 Å². The molecule has 2 aromatic heterocycles. The maximum absolute atomic E-state index is 12.4. The highest BCUT2D eigenvalue weighted by atomic mass is 35.5. The second-order valence-electron chi connectivity index (χ2n) is 6.12. The molecule has 6 nitrogen and oxygen atoms in total.